The molecule has 0 spiro atoms. The highest BCUT2D eigenvalue weighted by atomic mass is 35.5. The molecule has 0 aromatic heterocycles. The molecule has 1 atom stereocenters. The Morgan fingerprint density at radius 3 is 2.64 bits per heavy atom. The highest BCUT2D eigenvalue weighted by Gasteiger charge is 2.30. The van der Waals surface area contributed by atoms with E-state index in [4.69, 9.17) is 11.6 Å². The molecule has 1 aromatic carbocycles. The van der Waals surface area contributed by atoms with Gasteiger partial charge in [-0.25, -0.2) is 0 Å². The van der Waals surface area contributed by atoms with E-state index >= 15 is 0 Å². The van der Waals surface area contributed by atoms with Gasteiger partial charge in [-0.2, -0.15) is 0 Å². The second kappa shape index (κ2) is 3.46. The molecular weight excluding hydrogens is 200 g/mol. The van der Waals surface area contributed by atoms with Crippen LogP contribution in [-0.2, 0) is 4.79 Å². The fourth-order valence-electron chi connectivity index (χ4n) is 1.65. The van der Waals surface area contributed by atoms with Crippen molar-refractivity contribution in [3.8, 4) is 0 Å². The summed E-state index contributed by atoms with van der Waals surface area (Å²) >= 11 is 5.94. The lowest BCUT2D eigenvalue weighted by Gasteiger charge is -2.11. The third-order valence-electron chi connectivity index (χ3n) is 2.35. The summed E-state index contributed by atoms with van der Waals surface area (Å²) in [5.74, 6) is -0.442. The summed E-state index contributed by atoms with van der Waals surface area (Å²) in [4.78, 5) is 11.5. The Kier molecular flexibility index (Phi) is 2.30. The van der Waals surface area contributed by atoms with Crippen LogP contribution in [0, 0.1) is 0 Å². The number of carbonyl (C=O) groups is 1. The van der Waals surface area contributed by atoms with Crippen LogP contribution < -0.4 is 0 Å². The molecule has 1 aliphatic carbocycles. The number of ketones is 1. The summed E-state index contributed by atoms with van der Waals surface area (Å²) < 4.78 is 0. The van der Waals surface area contributed by atoms with Gasteiger partial charge in [0.15, 0.2) is 5.78 Å². The van der Waals surface area contributed by atoms with Gasteiger partial charge in [-0.05, 0) is 17.7 Å². The molecule has 1 N–H and O–H groups in total. The summed E-state index contributed by atoms with van der Waals surface area (Å²) in [5, 5.41) is 10.0. The third kappa shape index (κ3) is 1.42. The number of rotatable bonds is 1. The minimum absolute atomic E-state index is 0.00407. The first-order valence-corrected chi connectivity index (χ1v) is 4.74. The predicted octanol–water partition coefficient (Wildman–Crippen LogP) is 2.84. The van der Waals surface area contributed by atoms with Gasteiger partial charge in [-0.3, -0.25) is 4.79 Å². The van der Waals surface area contributed by atoms with Crippen LogP contribution in [0.1, 0.15) is 17.9 Å². The van der Waals surface area contributed by atoms with E-state index in [0.717, 1.165) is 0 Å². The van der Waals surface area contributed by atoms with Crippen molar-refractivity contribution in [3.63, 3.8) is 0 Å². The Morgan fingerprint density at radius 1 is 1.36 bits per heavy atom. The molecule has 0 saturated carbocycles. The molecule has 3 heteroatoms. The smallest absolute Gasteiger partial charge is 0.151 e. The number of aliphatic hydroxyl groups is 1. The van der Waals surface area contributed by atoms with E-state index in [1.165, 1.54) is 6.08 Å². The Labute approximate surface area is 86.8 Å². The fourth-order valence-corrected chi connectivity index (χ4v) is 1.89. The Morgan fingerprint density at radius 2 is 2.07 bits per heavy atom. The summed E-state index contributed by atoms with van der Waals surface area (Å²) in [7, 11) is 0. The number of hydrogen-bond acceptors (Lipinski definition) is 2. The molecule has 2 nitrogen and oxygen atoms in total. The van der Waals surface area contributed by atoms with Gasteiger partial charge in [0.05, 0.1) is 0 Å². The summed E-state index contributed by atoms with van der Waals surface area (Å²) in [5.41, 5.74) is 0.686. The lowest BCUT2D eigenvalue weighted by atomic mass is 9.96. The van der Waals surface area contributed by atoms with Crippen LogP contribution in [0.3, 0.4) is 0 Å². The number of aliphatic hydroxyl groups excluding tert-OH is 1. The highest BCUT2D eigenvalue weighted by Crippen LogP contribution is 2.34. The maximum atomic E-state index is 11.5. The number of allylic oxidation sites excluding steroid dienone is 2. The lowest BCUT2D eigenvalue weighted by Crippen LogP contribution is -2.08. The normalized spacial score (nSPS) is 21.1. The van der Waals surface area contributed by atoms with Gasteiger partial charge in [0.1, 0.15) is 11.7 Å². The molecular formula is C11H9ClO2. The maximum Gasteiger partial charge on any atom is 0.151 e. The van der Waals surface area contributed by atoms with Crippen LogP contribution in [0.15, 0.2) is 36.1 Å². The number of halogens is 1. The van der Waals surface area contributed by atoms with Crippen molar-refractivity contribution in [2.75, 3.05) is 0 Å². The number of Topliss-reactive ketones (excluding diaryl/α,β-unsaturated/α-hetero) is 1. The lowest BCUT2D eigenvalue weighted by molar-refractivity contribution is -0.118. The zero-order valence-electron chi connectivity index (χ0n) is 7.40. The second-order valence-corrected chi connectivity index (χ2v) is 3.66. The molecule has 0 radical (unpaired) electrons. The molecule has 1 aliphatic rings. The largest absolute Gasteiger partial charge is 0.512 e. The average Bonchev–Trinajstić information content (AvgIpc) is 2.48. The van der Waals surface area contributed by atoms with Gasteiger partial charge in [0, 0.05) is 11.4 Å². The molecule has 2 rings (SSSR count). The average molecular weight is 209 g/mol. The molecule has 0 unspecified atom stereocenters. The van der Waals surface area contributed by atoms with Crippen molar-refractivity contribution in [2.45, 2.75) is 12.3 Å². The van der Waals surface area contributed by atoms with Gasteiger partial charge in [-0.1, -0.05) is 29.8 Å². The summed E-state index contributed by atoms with van der Waals surface area (Å²) in [6.45, 7) is 0. The third-order valence-corrected chi connectivity index (χ3v) is 2.69. The van der Waals surface area contributed by atoms with Crippen LogP contribution in [-0.4, -0.2) is 10.9 Å². The minimum atomic E-state index is -0.552. The molecule has 0 saturated heterocycles. The Hall–Kier alpha value is -1.28. The van der Waals surface area contributed by atoms with Crippen LogP contribution in [0.4, 0.5) is 0 Å². The van der Waals surface area contributed by atoms with Crippen molar-refractivity contribution in [2.24, 2.45) is 0 Å². The first-order valence-electron chi connectivity index (χ1n) is 4.36. The van der Waals surface area contributed by atoms with Crippen molar-refractivity contribution in [1.29, 1.82) is 0 Å². The Balaban J connectivity index is 2.45. The first-order chi connectivity index (χ1) is 6.70. The van der Waals surface area contributed by atoms with Gasteiger partial charge >= 0.3 is 0 Å². The second-order valence-electron chi connectivity index (χ2n) is 3.25. The molecule has 0 fully saturated rings. The maximum absolute atomic E-state index is 11.5. The van der Waals surface area contributed by atoms with E-state index in [2.05, 4.69) is 0 Å². The van der Waals surface area contributed by atoms with Crippen molar-refractivity contribution >= 4 is 17.4 Å². The molecule has 1 aromatic rings. The fraction of sp³-hybridized carbons (Fsp3) is 0.182. The van der Waals surface area contributed by atoms with E-state index in [-0.39, 0.29) is 11.5 Å². The van der Waals surface area contributed by atoms with Crippen molar-refractivity contribution in [1.82, 2.24) is 0 Å². The summed E-state index contributed by atoms with van der Waals surface area (Å²) in [6.07, 6.45) is 1.83. The predicted molar refractivity (Wildman–Crippen MR) is 54.5 cm³/mol. The van der Waals surface area contributed by atoms with Crippen LogP contribution in [0.25, 0.3) is 0 Å². The molecule has 14 heavy (non-hydrogen) atoms. The van der Waals surface area contributed by atoms with Gasteiger partial charge < -0.3 is 5.11 Å². The number of hydrogen-bond donors (Lipinski definition) is 1. The van der Waals surface area contributed by atoms with Crippen molar-refractivity contribution < 1.29 is 9.90 Å². The zero-order valence-corrected chi connectivity index (χ0v) is 8.16. The highest BCUT2D eigenvalue weighted by molar-refractivity contribution is 6.31. The van der Waals surface area contributed by atoms with Crippen LogP contribution in [0.2, 0.25) is 5.02 Å². The monoisotopic (exact) mass is 208 g/mol. The number of benzene rings is 1. The molecule has 72 valence electrons. The first kappa shape index (κ1) is 9.28. The molecule has 0 bridgehead atoms. The standard InChI is InChI=1S/C11H9ClO2/c12-8-4-2-1-3-7(8)11-9(13)5-6-10(11)14/h1-5,11,13H,6H2/t11-/m1/s1. The van der Waals surface area contributed by atoms with Crippen LogP contribution >= 0.6 is 11.6 Å². The topological polar surface area (TPSA) is 37.3 Å². The van der Waals surface area contributed by atoms with Gasteiger partial charge in [0.2, 0.25) is 0 Å². The van der Waals surface area contributed by atoms with E-state index < -0.39 is 5.92 Å². The van der Waals surface area contributed by atoms with E-state index in [1.807, 2.05) is 0 Å². The van der Waals surface area contributed by atoms with Crippen molar-refractivity contribution in [3.05, 3.63) is 46.7 Å². The minimum Gasteiger partial charge on any atom is -0.512 e. The quantitative estimate of drug-likeness (QED) is 0.771. The van der Waals surface area contributed by atoms with E-state index in [1.54, 1.807) is 24.3 Å². The zero-order chi connectivity index (χ0) is 10.1. The SMILES string of the molecule is O=C1CC=C(O)[C@H]1c1ccccc1Cl. The molecule has 0 heterocycles. The number of carbonyl (C=O) groups excluding carboxylic acids is 1. The van der Waals surface area contributed by atoms with Crippen LogP contribution in [0.5, 0.6) is 0 Å². The van der Waals surface area contributed by atoms with Gasteiger partial charge in [-0.15, -0.1) is 0 Å². The molecule has 0 aliphatic heterocycles. The van der Waals surface area contributed by atoms with E-state index in [0.29, 0.717) is 17.0 Å². The Bertz CT molecular complexity index is 410. The molecule has 0 amide bonds. The van der Waals surface area contributed by atoms with Gasteiger partial charge in [0.25, 0.3) is 0 Å². The van der Waals surface area contributed by atoms with E-state index in [9.17, 15) is 9.90 Å². The summed E-state index contributed by atoms with van der Waals surface area (Å²) in [6, 6.07) is 7.09.